The number of hydrogen-bond acceptors (Lipinski definition) is 4. The van der Waals surface area contributed by atoms with Crippen LogP contribution in [-0.4, -0.2) is 28.1 Å². The molecule has 0 radical (unpaired) electrons. The van der Waals surface area contributed by atoms with Crippen LogP contribution >= 0.6 is 0 Å². The van der Waals surface area contributed by atoms with Crippen LogP contribution in [0.2, 0.25) is 0 Å². The average molecular weight is 218 g/mol. The molecule has 0 amide bonds. The fourth-order valence-electron chi connectivity index (χ4n) is 1.91. The van der Waals surface area contributed by atoms with Gasteiger partial charge in [-0.05, 0) is 32.2 Å². The molecule has 0 aliphatic rings. The molecule has 92 valence electrons. The zero-order valence-electron chi connectivity index (χ0n) is 10.00. The molecular weight excluding hydrogens is 192 g/mol. The first-order valence-corrected chi connectivity index (χ1v) is 5.83. The molecule has 0 heterocycles. The minimum Gasteiger partial charge on any atom is -0.390 e. The third-order valence-electron chi connectivity index (χ3n) is 2.82. The summed E-state index contributed by atoms with van der Waals surface area (Å²) in [6, 6.07) is 0. The van der Waals surface area contributed by atoms with Crippen LogP contribution in [0.25, 0.3) is 0 Å². The topological polar surface area (TPSA) is 92.5 Å². The Balaban J connectivity index is 4.27. The lowest BCUT2D eigenvalue weighted by atomic mass is 9.84. The molecule has 0 aliphatic heterocycles. The largest absolute Gasteiger partial charge is 0.390 e. The molecule has 0 fully saturated rings. The lowest BCUT2D eigenvalue weighted by molar-refractivity contribution is -0.0721. The van der Waals surface area contributed by atoms with E-state index in [1.165, 1.54) is 0 Å². The number of nitrogens with two attached hydrogens (primary N) is 2. The zero-order chi connectivity index (χ0) is 11.9. The second-order valence-corrected chi connectivity index (χ2v) is 4.50. The van der Waals surface area contributed by atoms with E-state index in [0.29, 0.717) is 25.8 Å². The number of rotatable bonds is 8. The van der Waals surface area contributed by atoms with Crippen LogP contribution in [-0.2, 0) is 0 Å². The van der Waals surface area contributed by atoms with E-state index in [2.05, 4.69) is 0 Å². The van der Waals surface area contributed by atoms with Crippen molar-refractivity contribution < 1.29 is 10.2 Å². The van der Waals surface area contributed by atoms with Gasteiger partial charge in [-0.3, -0.25) is 0 Å². The van der Waals surface area contributed by atoms with E-state index in [-0.39, 0.29) is 6.42 Å². The standard InChI is InChI=1S/C11H26N2O2/c1-3-6-11(13,15)9-10(14,4-2)7-5-8-12/h14-15H,3-9,12-13H2,1-2H3/t10?,11-/m0/s1. The van der Waals surface area contributed by atoms with Crippen LogP contribution in [0.15, 0.2) is 0 Å². The summed E-state index contributed by atoms with van der Waals surface area (Å²) in [5.41, 5.74) is 9.00. The summed E-state index contributed by atoms with van der Waals surface area (Å²) in [5.74, 6) is 0. The second-order valence-electron chi connectivity index (χ2n) is 4.50. The fraction of sp³-hybridized carbons (Fsp3) is 1.00. The molecule has 15 heavy (non-hydrogen) atoms. The molecule has 0 aromatic carbocycles. The highest BCUT2D eigenvalue weighted by Gasteiger charge is 2.33. The van der Waals surface area contributed by atoms with Crippen molar-refractivity contribution in [3.05, 3.63) is 0 Å². The van der Waals surface area contributed by atoms with Crippen molar-refractivity contribution in [2.45, 2.75) is 63.7 Å². The van der Waals surface area contributed by atoms with Gasteiger partial charge in [0.2, 0.25) is 0 Å². The van der Waals surface area contributed by atoms with Crippen LogP contribution < -0.4 is 11.5 Å². The normalized spacial score (nSPS) is 19.6. The van der Waals surface area contributed by atoms with E-state index >= 15 is 0 Å². The molecule has 0 aliphatic carbocycles. The Morgan fingerprint density at radius 1 is 1.13 bits per heavy atom. The van der Waals surface area contributed by atoms with Gasteiger partial charge in [0.1, 0.15) is 5.72 Å². The fourth-order valence-corrected chi connectivity index (χ4v) is 1.91. The van der Waals surface area contributed by atoms with Crippen LogP contribution in [0.1, 0.15) is 52.4 Å². The van der Waals surface area contributed by atoms with E-state index in [1.54, 1.807) is 0 Å². The quantitative estimate of drug-likeness (QED) is 0.451. The molecule has 2 atom stereocenters. The van der Waals surface area contributed by atoms with Crippen LogP contribution in [0.3, 0.4) is 0 Å². The Kier molecular flexibility index (Phi) is 6.36. The Morgan fingerprint density at radius 2 is 1.73 bits per heavy atom. The Bertz CT molecular complexity index is 174. The van der Waals surface area contributed by atoms with Gasteiger partial charge in [0.25, 0.3) is 0 Å². The van der Waals surface area contributed by atoms with E-state index in [9.17, 15) is 10.2 Å². The predicted octanol–water partition coefficient (Wildman–Crippen LogP) is 0.704. The zero-order valence-corrected chi connectivity index (χ0v) is 10.00. The van der Waals surface area contributed by atoms with Gasteiger partial charge in [-0.25, -0.2) is 0 Å². The van der Waals surface area contributed by atoms with Crippen molar-refractivity contribution in [3.63, 3.8) is 0 Å². The van der Waals surface area contributed by atoms with Gasteiger partial charge in [0.15, 0.2) is 0 Å². The third kappa shape index (κ3) is 6.10. The van der Waals surface area contributed by atoms with E-state index in [4.69, 9.17) is 11.5 Å². The predicted molar refractivity (Wildman–Crippen MR) is 62.2 cm³/mol. The summed E-state index contributed by atoms with van der Waals surface area (Å²) in [6.45, 7) is 4.42. The molecular formula is C11H26N2O2. The van der Waals surface area contributed by atoms with Crippen LogP contribution in [0, 0.1) is 0 Å². The summed E-state index contributed by atoms with van der Waals surface area (Å²) in [4.78, 5) is 0. The van der Waals surface area contributed by atoms with Gasteiger partial charge in [0, 0.05) is 6.42 Å². The Morgan fingerprint density at radius 3 is 2.13 bits per heavy atom. The Hall–Kier alpha value is -0.160. The van der Waals surface area contributed by atoms with Gasteiger partial charge in [-0.1, -0.05) is 20.3 Å². The van der Waals surface area contributed by atoms with E-state index in [0.717, 1.165) is 12.8 Å². The van der Waals surface area contributed by atoms with E-state index < -0.39 is 11.3 Å². The highest BCUT2D eigenvalue weighted by Crippen LogP contribution is 2.27. The number of hydrogen-bond donors (Lipinski definition) is 4. The lowest BCUT2D eigenvalue weighted by Crippen LogP contribution is -2.47. The van der Waals surface area contributed by atoms with Gasteiger partial charge >= 0.3 is 0 Å². The maximum absolute atomic E-state index is 10.2. The maximum atomic E-state index is 10.2. The first-order valence-electron chi connectivity index (χ1n) is 5.83. The van der Waals surface area contributed by atoms with Crippen LogP contribution in [0.4, 0.5) is 0 Å². The van der Waals surface area contributed by atoms with Crippen molar-refractivity contribution in [2.24, 2.45) is 11.5 Å². The highest BCUT2D eigenvalue weighted by molar-refractivity contribution is 4.86. The van der Waals surface area contributed by atoms with Gasteiger partial charge in [-0.2, -0.15) is 0 Å². The van der Waals surface area contributed by atoms with Crippen molar-refractivity contribution in [1.29, 1.82) is 0 Å². The molecule has 0 saturated heterocycles. The molecule has 0 spiro atoms. The SMILES string of the molecule is CCC[C@](N)(O)CC(O)(CC)CCCN. The maximum Gasteiger partial charge on any atom is 0.116 e. The Labute approximate surface area is 92.7 Å². The molecule has 0 saturated carbocycles. The molecule has 6 N–H and O–H groups in total. The summed E-state index contributed by atoms with van der Waals surface area (Å²) in [5, 5.41) is 20.1. The second kappa shape index (κ2) is 6.43. The average Bonchev–Trinajstić information content (AvgIpc) is 2.14. The third-order valence-corrected chi connectivity index (χ3v) is 2.82. The van der Waals surface area contributed by atoms with Crippen LogP contribution in [0.5, 0.6) is 0 Å². The smallest absolute Gasteiger partial charge is 0.116 e. The lowest BCUT2D eigenvalue weighted by Gasteiger charge is -2.34. The minimum absolute atomic E-state index is 0.227. The van der Waals surface area contributed by atoms with E-state index in [1.807, 2.05) is 13.8 Å². The van der Waals surface area contributed by atoms with Gasteiger partial charge in [-0.15, -0.1) is 0 Å². The summed E-state index contributed by atoms with van der Waals surface area (Å²) in [7, 11) is 0. The first kappa shape index (κ1) is 14.8. The summed E-state index contributed by atoms with van der Waals surface area (Å²) in [6.07, 6.45) is 3.50. The van der Waals surface area contributed by atoms with Gasteiger partial charge in [0.05, 0.1) is 5.60 Å². The molecule has 0 bridgehead atoms. The molecule has 4 heteroatoms. The van der Waals surface area contributed by atoms with Crippen molar-refractivity contribution >= 4 is 0 Å². The van der Waals surface area contributed by atoms with Crippen molar-refractivity contribution in [2.75, 3.05) is 6.54 Å². The van der Waals surface area contributed by atoms with Crippen molar-refractivity contribution in [1.82, 2.24) is 0 Å². The number of aliphatic hydroxyl groups is 2. The first-order chi connectivity index (χ1) is 6.89. The summed E-state index contributed by atoms with van der Waals surface area (Å²) < 4.78 is 0. The molecule has 1 unspecified atom stereocenters. The molecule has 0 rings (SSSR count). The highest BCUT2D eigenvalue weighted by atomic mass is 16.3. The molecule has 0 aromatic heterocycles. The molecule has 4 nitrogen and oxygen atoms in total. The monoisotopic (exact) mass is 218 g/mol. The van der Waals surface area contributed by atoms with Crippen molar-refractivity contribution in [3.8, 4) is 0 Å². The van der Waals surface area contributed by atoms with Gasteiger partial charge < -0.3 is 21.7 Å². The molecule has 0 aromatic rings. The minimum atomic E-state index is -1.26. The summed E-state index contributed by atoms with van der Waals surface area (Å²) >= 11 is 0.